The van der Waals surface area contributed by atoms with E-state index in [9.17, 15) is 9.90 Å². The van der Waals surface area contributed by atoms with E-state index in [0.29, 0.717) is 48.3 Å². The van der Waals surface area contributed by atoms with Gasteiger partial charge in [-0.3, -0.25) is 9.69 Å². The first-order valence-corrected chi connectivity index (χ1v) is 16.1. The van der Waals surface area contributed by atoms with E-state index in [1.54, 1.807) is 0 Å². The summed E-state index contributed by atoms with van der Waals surface area (Å²) in [4.78, 5) is 16.2. The number of rotatable bonds is 7. The number of piperidine rings is 1. The van der Waals surface area contributed by atoms with Crippen LogP contribution >= 0.6 is 0 Å². The van der Waals surface area contributed by atoms with Gasteiger partial charge in [0.2, 0.25) is 0 Å². The second-order valence-corrected chi connectivity index (χ2v) is 13.6. The third-order valence-corrected chi connectivity index (χ3v) is 11.1. The third-order valence-electron chi connectivity index (χ3n) is 11.1. The van der Waals surface area contributed by atoms with Crippen molar-refractivity contribution in [1.82, 2.24) is 10.2 Å². The molecule has 2 heterocycles. The average Bonchev–Trinajstić information content (AvgIpc) is 3.95. The molecule has 5 unspecified atom stereocenters. The maximum Gasteiger partial charge on any atom is 0.255 e. The molecule has 8 rings (SSSR count). The smallest absolute Gasteiger partial charge is 0.255 e. The second-order valence-electron chi connectivity index (χ2n) is 13.6. The molecule has 2 N–H and O–H groups in total. The molecular weight excluding hydrogens is 534 g/mol. The fourth-order valence-electron chi connectivity index (χ4n) is 8.68. The van der Waals surface area contributed by atoms with Crippen molar-refractivity contribution in [2.75, 3.05) is 19.6 Å². The normalized spacial score (nSPS) is 28.9. The lowest BCUT2D eigenvalue weighted by molar-refractivity contribution is -0.00290. The highest BCUT2D eigenvalue weighted by Gasteiger charge is 2.60. The number of amides is 1. The maximum absolute atomic E-state index is 13.5. The van der Waals surface area contributed by atoms with E-state index in [-0.39, 0.29) is 17.1 Å². The summed E-state index contributed by atoms with van der Waals surface area (Å²) >= 11 is 0. The van der Waals surface area contributed by atoms with Crippen molar-refractivity contribution in [1.29, 1.82) is 5.26 Å². The summed E-state index contributed by atoms with van der Waals surface area (Å²) in [6, 6.07) is 22.6. The molecule has 2 aliphatic heterocycles. The Morgan fingerprint density at radius 2 is 1.77 bits per heavy atom. The largest absolute Gasteiger partial charge is 0.507 e. The van der Waals surface area contributed by atoms with Gasteiger partial charge in [-0.15, -0.1) is 0 Å². The van der Waals surface area contributed by atoms with Gasteiger partial charge >= 0.3 is 0 Å². The van der Waals surface area contributed by atoms with Crippen LogP contribution in [0, 0.1) is 23.2 Å². The predicted molar refractivity (Wildman–Crippen MR) is 165 cm³/mol. The van der Waals surface area contributed by atoms with Crippen molar-refractivity contribution in [3.8, 4) is 22.9 Å². The number of aromatic hydroxyl groups is 1. The van der Waals surface area contributed by atoms with E-state index in [0.717, 1.165) is 66.8 Å². The Kier molecular flexibility index (Phi) is 6.58. The van der Waals surface area contributed by atoms with Gasteiger partial charge in [-0.05, 0) is 110 Å². The molecule has 3 aliphatic carbocycles. The van der Waals surface area contributed by atoms with Gasteiger partial charge in [0.05, 0.1) is 29.4 Å². The number of fused-ring (bicyclic) bond motifs is 2. The number of phenols is 1. The van der Waals surface area contributed by atoms with E-state index >= 15 is 0 Å². The molecule has 6 heteroatoms. The SMILES string of the molecule is N#Cc1ccc(-c2ccc(CCNC(=O)c3ccc4c(c3O)C35CCN(CC6CC6)C(C4)C3CCC3OC3C5)cc2)cc1. The Labute approximate surface area is 253 Å². The number of nitriles is 1. The van der Waals surface area contributed by atoms with Crippen LogP contribution < -0.4 is 5.32 Å². The van der Waals surface area contributed by atoms with Gasteiger partial charge in [-0.1, -0.05) is 42.5 Å². The topological polar surface area (TPSA) is 88.9 Å². The van der Waals surface area contributed by atoms with Gasteiger partial charge in [0, 0.05) is 30.1 Å². The first-order chi connectivity index (χ1) is 21.0. The summed E-state index contributed by atoms with van der Waals surface area (Å²) in [5.41, 5.74) is 6.54. The molecule has 3 aromatic carbocycles. The minimum Gasteiger partial charge on any atom is -0.507 e. The summed E-state index contributed by atoms with van der Waals surface area (Å²) in [5, 5.41) is 23.9. The molecule has 2 saturated carbocycles. The first kappa shape index (κ1) is 26.9. The van der Waals surface area contributed by atoms with Crippen LogP contribution in [-0.4, -0.2) is 53.8 Å². The summed E-state index contributed by atoms with van der Waals surface area (Å²) in [6.07, 6.45) is 9.38. The third kappa shape index (κ3) is 4.83. The number of phenolic OH excluding ortho intramolecular Hbond substituents is 1. The summed E-state index contributed by atoms with van der Waals surface area (Å²) in [5.74, 6) is 1.39. The van der Waals surface area contributed by atoms with E-state index in [4.69, 9.17) is 10.00 Å². The molecule has 0 aromatic heterocycles. The zero-order valence-corrected chi connectivity index (χ0v) is 24.6. The number of carbonyl (C=O) groups excluding carboxylic acids is 1. The minimum absolute atomic E-state index is 0.106. The van der Waals surface area contributed by atoms with Crippen LogP contribution in [0.5, 0.6) is 5.75 Å². The Morgan fingerprint density at radius 3 is 2.51 bits per heavy atom. The molecule has 2 saturated heterocycles. The minimum atomic E-state index is -0.204. The number of carbonyl (C=O) groups is 1. The summed E-state index contributed by atoms with van der Waals surface area (Å²) < 4.78 is 6.08. The number of hydrogen-bond donors (Lipinski definition) is 2. The Bertz CT molecular complexity index is 1590. The van der Waals surface area contributed by atoms with Crippen LogP contribution in [0.25, 0.3) is 11.1 Å². The van der Waals surface area contributed by atoms with E-state index in [2.05, 4.69) is 46.6 Å². The molecule has 6 nitrogen and oxygen atoms in total. The fourth-order valence-corrected chi connectivity index (χ4v) is 8.68. The van der Waals surface area contributed by atoms with Gasteiger partial charge in [0.15, 0.2) is 0 Å². The highest BCUT2D eigenvalue weighted by Crippen LogP contribution is 2.60. The molecule has 1 amide bonds. The highest BCUT2D eigenvalue weighted by molar-refractivity contribution is 5.97. The second kappa shape index (κ2) is 10.5. The predicted octanol–water partition coefficient (Wildman–Crippen LogP) is 5.75. The van der Waals surface area contributed by atoms with Crippen LogP contribution in [0.3, 0.4) is 0 Å². The zero-order valence-electron chi connectivity index (χ0n) is 24.6. The molecule has 4 fully saturated rings. The monoisotopic (exact) mass is 573 g/mol. The van der Waals surface area contributed by atoms with Gasteiger partial charge < -0.3 is 15.2 Å². The molecule has 43 heavy (non-hydrogen) atoms. The fraction of sp³-hybridized carbons (Fsp3) is 0.459. The lowest BCUT2D eigenvalue weighted by atomic mass is 9.55. The zero-order chi connectivity index (χ0) is 29.1. The van der Waals surface area contributed by atoms with Crippen molar-refractivity contribution in [2.24, 2.45) is 11.8 Å². The number of benzene rings is 3. The molecule has 3 aromatic rings. The molecule has 0 spiro atoms. The van der Waals surface area contributed by atoms with Gasteiger partial charge in [0.25, 0.3) is 5.91 Å². The molecule has 5 aliphatic rings. The molecule has 220 valence electrons. The Hall–Kier alpha value is -3.66. The average molecular weight is 574 g/mol. The maximum atomic E-state index is 13.5. The van der Waals surface area contributed by atoms with Crippen LogP contribution in [0.4, 0.5) is 0 Å². The Balaban J connectivity index is 0.989. The van der Waals surface area contributed by atoms with Crippen LogP contribution in [-0.2, 0) is 23.0 Å². The quantitative estimate of drug-likeness (QED) is 0.352. The van der Waals surface area contributed by atoms with E-state index in [1.807, 2.05) is 30.3 Å². The summed E-state index contributed by atoms with van der Waals surface area (Å²) in [7, 11) is 0. The lowest BCUT2D eigenvalue weighted by Gasteiger charge is -2.57. The molecule has 2 bridgehead atoms. The number of nitrogens with one attached hydrogen (secondary N) is 1. The number of likely N-dealkylation sites (tertiary alicyclic amines) is 1. The van der Waals surface area contributed by atoms with Gasteiger partial charge in [-0.25, -0.2) is 0 Å². The van der Waals surface area contributed by atoms with E-state index in [1.165, 1.54) is 24.9 Å². The highest BCUT2D eigenvalue weighted by atomic mass is 16.6. The van der Waals surface area contributed by atoms with Gasteiger partial charge in [0.1, 0.15) is 5.75 Å². The number of epoxide rings is 1. The first-order valence-electron chi connectivity index (χ1n) is 16.1. The molecule has 0 radical (unpaired) electrons. The summed E-state index contributed by atoms with van der Waals surface area (Å²) in [6.45, 7) is 2.80. The number of ether oxygens (including phenoxy) is 1. The standard InChI is InChI=1S/C37H39N3O3/c38-21-24-5-9-27(10-6-24)26-7-3-23(4-8-26)15-17-39-36(42)29-12-11-28-19-31-30-13-14-32-33(43-32)20-37(30,34(28)35(29)41)16-18-40(31)22-25-1-2-25/h3-12,25,30-33,41H,1-2,13-20,22H2,(H,39,42). The lowest BCUT2D eigenvalue weighted by Crippen LogP contribution is -2.60. The van der Waals surface area contributed by atoms with Crippen molar-refractivity contribution >= 4 is 5.91 Å². The molecular formula is C37H39N3O3. The van der Waals surface area contributed by atoms with Crippen molar-refractivity contribution in [2.45, 2.75) is 75.0 Å². The van der Waals surface area contributed by atoms with Crippen molar-refractivity contribution in [3.05, 3.63) is 88.5 Å². The van der Waals surface area contributed by atoms with Crippen LogP contribution in [0.1, 0.15) is 71.1 Å². The van der Waals surface area contributed by atoms with Crippen LogP contribution in [0.15, 0.2) is 60.7 Å². The number of hydrogen-bond acceptors (Lipinski definition) is 5. The number of nitrogens with zero attached hydrogens (tertiary/aromatic N) is 2. The van der Waals surface area contributed by atoms with Crippen LogP contribution in [0.2, 0.25) is 0 Å². The van der Waals surface area contributed by atoms with Gasteiger partial charge in [-0.2, -0.15) is 5.26 Å². The molecule has 5 atom stereocenters. The van der Waals surface area contributed by atoms with Crippen molar-refractivity contribution < 1.29 is 14.6 Å². The Morgan fingerprint density at radius 1 is 1.00 bits per heavy atom. The van der Waals surface area contributed by atoms with E-state index < -0.39 is 0 Å². The van der Waals surface area contributed by atoms with Crippen molar-refractivity contribution in [3.63, 3.8) is 0 Å².